The highest BCUT2D eigenvalue weighted by atomic mass is 16.6. The smallest absolute Gasteiger partial charge is 0.343 e. The largest absolute Gasteiger partial charge is 0.484 e. The van der Waals surface area contributed by atoms with Gasteiger partial charge in [0, 0.05) is 12.1 Å². The first-order valence-electron chi connectivity index (χ1n) is 10.5. The van der Waals surface area contributed by atoms with Crippen molar-refractivity contribution >= 4 is 34.6 Å². The minimum atomic E-state index is -0.659. The number of esters is 1. The summed E-state index contributed by atoms with van der Waals surface area (Å²) in [5, 5.41) is 16.7. The van der Waals surface area contributed by atoms with Gasteiger partial charge in [0.05, 0.1) is 16.7 Å². The normalized spacial score (nSPS) is 10.7. The molecule has 0 unspecified atom stereocenters. The van der Waals surface area contributed by atoms with E-state index in [9.17, 15) is 19.7 Å². The molecule has 0 spiro atoms. The topological polar surface area (TPSA) is 120 Å². The Morgan fingerprint density at radius 2 is 1.66 bits per heavy atom. The first-order valence-corrected chi connectivity index (χ1v) is 10.5. The number of fused-ring (bicyclic) bond motifs is 1. The third-order valence-corrected chi connectivity index (χ3v) is 4.88. The molecule has 4 aromatic carbocycles. The van der Waals surface area contributed by atoms with Gasteiger partial charge in [-0.1, -0.05) is 42.5 Å². The van der Waals surface area contributed by atoms with Crippen LogP contribution in [0.2, 0.25) is 0 Å². The second-order valence-electron chi connectivity index (χ2n) is 7.36. The number of carbonyl (C=O) groups excluding carboxylic acids is 2. The molecule has 0 saturated carbocycles. The predicted octanol–water partition coefficient (Wildman–Crippen LogP) is 4.50. The van der Waals surface area contributed by atoms with Gasteiger partial charge in [0.2, 0.25) is 0 Å². The maximum atomic E-state index is 12.3. The van der Waals surface area contributed by atoms with E-state index in [1.807, 2.05) is 36.4 Å². The van der Waals surface area contributed by atoms with Gasteiger partial charge in [-0.2, -0.15) is 5.10 Å². The van der Waals surface area contributed by atoms with Crippen molar-refractivity contribution in [2.45, 2.75) is 0 Å². The highest BCUT2D eigenvalue weighted by Crippen LogP contribution is 2.20. The summed E-state index contributed by atoms with van der Waals surface area (Å²) in [6, 6.07) is 25.0. The van der Waals surface area contributed by atoms with Gasteiger partial charge in [-0.25, -0.2) is 10.2 Å². The highest BCUT2D eigenvalue weighted by Gasteiger charge is 2.12. The van der Waals surface area contributed by atoms with Crippen LogP contribution in [-0.2, 0) is 4.79 Å². The Kier molecular flexibility index (Phi) is 7.08. The molecule has 4 rings (SSSR count). The van der Waals surface area contributed by atoms with E-state index in [-0.39, 0.29) is 23.6 Å². The van der Waals surface area contributed by atoms with E-state index in [0.29, 0.717) is 11.3 Å². The number of nitrogens with one attached hydrogen (secondary N) is 1. The van der Waals surface area contributed by atoms with Crippen LogP contribution in [0.15, 0.2) is 96.1 Å². The third kappa shape index (κ3) is 6.26. The van der Waals surface area contributed by atoms with Crippen LogP contribution in [0, 0.1) is 10.1 Å². The van der Waals surface area contributed by atoms with Gasteiger partial charge in [-0.3, -0.25) is 14.9 Å². The lowest BCUT2D eigenvalue weighted by Crippen LogP contribution is -2.24. The van der Waals surface area contributed by atoms with E-state index in [1.165, 1.54) is 30.5 Å². The second kappa shape index (κ2) is 10.7. The number of benzene rings is 4. The molecule has 1 N–H and O–H groups in total. The summed E-state index contributed by atoms with van der Waals surface area (Å²) in [4.78, 5) is 34.5. The lowest BCUT2D eigenvalue weighted by Gasteiger charge is -2.06. The Labute approximate surface area is 199 Å². The van der Waals surface area contributed by atoms with Crippen LogP contribution in [0.4, 0.5) is 5.69 Å². The molecule has 174 valence electrons. The molecule has 35 heavy (non-hydrogen) atoms. The Balaban J connectivity index is 1.29. The molecule has 4 aromatic rings. The summed E-state index contributed by atoms with van der Waals surface area (Å²) in [6.45, 7) is -0.206. The number of hydrogen-bond acceptors (Lipinski definition) is 7. The monoisotopic (exact) mass is 469 g/mol. The molecule has 1 amide bonds. The van der Waals surface area contributed by atoms with Crippen molar-refractivity contribution < 1.29 is 24.0 Å². The fourth-order valence-electron chi connectivity index (χ4n) is 3.16. The molecule has 0 saturated heterocycles. The number of non-ortho nitro benzene ring substituents is 1. The zero-order valence-corrected chi connectivity index (χ0v) is 18.3. The second-order valence-corrected chi connectivity index (χ2v) is 7.36. The molecule has 0 bridgehead atoms. The molecular weight excluding hydrogens is 450 g/mol. The fraction of sp³-hybridized carbons (Fsp3) is 0.0385. The summed E-state index contributed by atoms with van der Waals surface area (Å²) in [5.74, 6) is -0.267. The SMILES string of the molecule is O=C(COc1ccc2ccccc2c1)NN=Cc1cccc(OC(=O)c2ccc([N+](=O)[O-])cc2)c1. The van der Waals surface area contributed by atoms with Crippen LogP contribution < -0.4 is 14.9 Å². The van der Waals surface area contributed by atoms with E-state index >= 15 is 0 Å². The number of rotatable bonds is 8. The van der Waals surface area contributed by atoms with E-state index in [0.717, 1.165) is 10.8 Å². The first-order chi connectivity index (χ1) is 17.0. The van der Waals surface area contributed by atoms with Gasteiger partial charge >= 0.3 is 5.97 Å². The van der Waals surface area contributed by atoms with Crippen molar-refractivity contribution in [2.75, 3.05) is 6.61 Å². The molecule has 0 aliphatic heterocycles. The van der Waals surface area contributed by atoms with Crippen LogP contribution in [0.25, 0.3) is 10.8 Å². The van der Waals surface area contributed by atoms with E-state index in [1.54, 1.807) is 30.3 Å². The Morgan fingerprint density at radius 1 is 0.886 bits per heavy atom. The van der Waals surface area contributed by atoms with E-state index < -0.39 is 16.8 Å². The van der Waals surface area contributed by atoms with E-state index in [2.05, 4.69) is 10.5 Å². The lowest BCUT2D eigenvalue weighted by molar-refractivity contribution is -0.384. The lowest BCUT2D eigenvalue weighted by atomic mass is 10.1. The molecular formula is C26H19N3O6. The number of nitrogens with zero attached hydrogens (tertiary/aromatic N) is 2. The highest BCUT2D eigenvalue weighted by molar-refractivity contribution is 5.91. The summed E-state index contributed by atoms with van der Waals surface area (Å²) >= 11 is 0. The maximum Gasteiger partial charge on any atom is 0.343 e. The molecule has 0 aromatic heterocycles. The molecule has 9 nitrogen and oxygen atoms in total. The zero-order valence-electron chi connectivity index (χ0n) is 18.3. The standard InChI is InChI=1S/C26H19N3O6/c30-25(17-34-23-13-10-19-5-1-2-6-21(19)15-23)28-27-16-18-4-3-7-24(14-18)35-26(31)20-8-11-22(12-9-20)29(32)33/h1-16H,17H2,(H,28,30). The van der Waals surface area contributed by atoms with Crippen LogP contribution in [0.1, 0.15) is 15.9 Å². The molecule has 0 aliphatic rings. The first kappa shape index (κ1) is 23.1. The van der Waals surface area contributed by atoms with Gasteiger partial charge < -0.3 is 9.47 Å². The molecule has 0 heterocycles. The van der Waals surface area contributed by atoms with Crippen molar-refractivity contribution in [1.29, 1.82) is 0 Å². The zero-order chi connectivity index (χ0) is 24.6. The van der Waals surface area contributed by atoms with Gasteiger partial charge in [-0.15, -0.1) is 0 Å². The fourth-order valence-corrected chi connectivity index (χ4v) is 3.16. The van der Waals surface area contributed by atoms with Crippen molar-refractivity contribution in [3.05, 3.63) is 112 Å². The summed E-state index contributed by atoms with van der Waals surface area (Å²) in [6.07, 6.45) is 1.40. The van der Waals surface area contributed by atoms with Crippen molar-refractivity contribution in [3.8, 4) is 11.5 Å². The summed E-state index contributed by atoms with van der Waals surface area (Å²) < 4.78 is 10.8. The number of carbonyl (C=O) groups is 2. The van der Waals surface area contributed by atoms with Crippen molar-refractivity contribution in [1.82, 2.24) is 5.43 Å². The maximum absolute atomic E-state index is 12.3. The quantitative estimate of drug-likeness (QED) is 0.133. The summed E-state index contributed by atoms with van der Waals surface area (Å²) in [5.41, 5.74) is 3.01. The van der Waals surface area contributed by atoms with Gasteiger partial charge in [0.1, 0.15) is 11.5 Å². The van der Waals surface area contributed by atoms with Crippen LogP contribution in [0.5, 0.6) is 11.5 Å². The third-order valence-electron chi connectivity index (χ3n) is 4.88. The van der Waals surface area contributed by atoms with Crippen LogP contribution >= 0.6 is 0 Å². The minimum Gasteiger partial charge on any atom is -0.484 e. The molecule has 9 heteroatoms. The van der Waals surface area contributed by atoms with Crippen LogP contribution in [0.3, 0.4) is 0 Å². The average Bonchev–Trinajstić information content (AvgIpc) is 2.87. The Morgan fingerprint density at radius 3 is 2.43 bits per heavy atom. The summed E-state index contributed by atoms with van der Waals surface area (Å²) in [7, 11) is 0. The average molecular weight is 469 g/mol. The van der Waals surface area contributed by atoms with E-state index in [4.69, 9.17) is 9.47 Å². The minimum absolute atomic E-state index is 0.121. The number of nitro benzene ring substituents is 1. The number of amides is 1. The Hall–Kier alpha value is -5.05. The molecule has 0 atom stereocenters. The number of ether oxygens (including phenoxy) is 2. The molecule has 0 radical (unpaired) electrons. The van der Waals surface area contributed by atoms with Crippen molar-refractivity contribution in [2.24, 2.45) is 5.10 Å². The number of hydrogen-bond donors (Lipinski definition) is 1. The Bertz CT molecular complexity index is 1420. The number of nitro groups is 1. The van der Waals surface area contributed by atoms with Gasteiger partial charge in [-0.05, 0) is 52.7 Å². The predicted molar refractivity (Wildman–Crippen MR) is 130 cm³/mol. The van der Waals surface area contributed by atoms with Crippen molar-refractivity contribution in [3.63, 3.8) is 0 Å². The van der Waals surface area contributed by atoms with Gasteiger partial charge in [0.15, 0.2) is 6.61 Å². The molecule has 0 aliphatic carbocycles. The molecule has 0 fully saturated rings. The number of hydrazone groups is 1. The van der Waals surface area contributed by atoms with Crippen LogP contribution in [-0.4, -0.2) is 29.6 Å². The van der Waals surface area contributed by atoms with Gasteiger partial charge in [0.25, 0.3) is 11.6 Å².